The molecule has 5 heteroatoms. The molecular weight excluding hydrogens is 233 g/mol. The lowest BCUT2D eigenvalue weighted by Crippen LogP contribution is -2.18. The van der Waals surface area contributed by atoms with Crippen LogP contribution in [0.1, 0.15) is 12.8 Å². The maximum Gasteiger partial charge on any atom is 0.230 e. The highest BCUT2D eigenvalue weighted by atomic mass is 19.1. The Hall–Kier alpha value is -2.04. The Kier molecular flexibility index (Phi) is 2.66. The van der Waals surface area contributed by atoms with Crippen molar-refractivity contribution in [2.75, 3.05) is 23.7 Å². The molecule has 1 aliphatic rings. The first-order chi connectivity index (χ1) is 8.75. The monoisotopic (exact) mass is 247 g/mol. The molecule has 94 valence electrons. The highest BCUT2D eigenvalue weighted by molar-refractivity contribution is 5.83. The predicted octanol–water partition coefficient (Wildman–Crippen LogP) is 2.66. The third kappa shape index (κ3) is 1.81. The summed E-state index contributed by atoms with van der Waals surface area (Å²) in [5.41, 5.74) is 8.19. The van der Waals surface area contributed by atoms with Gasteiger partial charge in [0.2, 0.25) is 5.88 Å². The number of hydrogen-bond donors (Lipinski definition) is 1. The number of nitrogen functional groups attached to an aromatic ring is 1. The average molecular weight is 247 g/mol. The standard InChI is InChI=1S/C13H14FN3O/c14-9-3-4-10(11-8-16-18-13(11)15)12(7-9)17-5-1-2-6-17/h3-4,7-8H,1-2,5-6,15H2. The first-order valence-corrected chi connectivity index (χ1v) is 6.01. The SMILES string of the molecule is Nc1oncc1-c1ccc(F)cc1N1CCCC1. The molecule has 1 fully saturated rings. The largest absolute Gasteiger partial charge is 0.371 e. The molecular formula is C13H14FN3O. The van der Waals surface area contributed by atoms with E-state index in [4.69, 9.17) is 10.3 Å². The molecule has 1 aromatic carbocycles. The third-order valence-corrected chi connectivity index (χ3v) is 3.30. The first-order valence-electron chi connectivity index (χ1n) is 6.01. The van der Waals surface area contributed by atoms with Crippen LogP contribution in [0.25, 0.3) is 11.1 Å². The molecule has 0 bridgehead atoms. The van der Waals surface area contributed by atoms with Gasteiger partial charge in [-0.15, -0.1) is 0 Å². The Bertz CT molecular complexity index is 561. The Balaban J connectivity index is 2.11. The van der Waals surface area contributed by atoms with E-state index < -0.39 is 0 Å². The minimum atomic E-state index is -0.240. The van der Waals surface area contributed by atoms with E-state index in [0.717, 1.165) is 42.7 Å². The summed E-state index contributed by atoms with van der Waals surface area (Å²) in [5, 5.41) is 3.68. The number of aromatic nitrogens is 1. The average Bonchev–Trinajstić information content (AvgIpc) is 3.00. The van der Waals surface area contributed by atoms with Gasteiger partial charge < -0.3 is 15.2 Å². The van der Waals surface area contributed by atoms with Gasteiger partial charge in [-0.05, 0) is 31.0 Å². The van der Waals surface area contributed by atoms with Crippen LogP contribution in [0.2, 0.25) is 0 Å². The molecule has 0 unspecified atom stereocenters. The second kappa shape index (κ2) is 4.33. The summed E-state index contributed by atoms with van der Waals surface area (Å²) in [6, 6.07) is 4.71. The van der Waals surface area contributed by atoms with E-state index in [2.05, 4.69) is 10.1 Å². The third-order valence-electron chi connectivity index (χ3n) is 3.30. The fraction of sp³-hybridized carbons (Fsp3) is 0.308. The van der Waals surface area contributed by atoms with Crippen LogP contribution in [0.4, 0.5) is 16.0 Å². The minimum absolute atomic E-state index is 0.240. The molecule has 2 aromatic rings. The molecule has 4 nitrogen and oxygen atoms in total. The van der Waals surface area contributed by atoms with Gasteiger partial charge in [-0.3, -0.25) is 0 Å². The molecule has 0 spiro atoms. The van der Waals surface area contributed by atoms with E-state index in [9.17, 15) is 4.39 Å². The van der Waals surface area contributed by atoms with Crippen molar-refractivity contribution < 1.29 is 8.91 Å². The zero-order valence-electron chi connectivity index (χ0n) is 9.90. The maximum absolute atomic E-state index is 13.4. The Morgan fingerprint density at radius 3 is 2.67 bits per heavy atom. The molecule has 0 amide bonds. The zero-order chi connectivity index (χ0) is 12.5. The highest BCUT2D eigenvalue weighted by Gasteiger charge is 2.19. The van der Waals surface area contributed by atoms with Crippen molar-refractivity contribution in [3.05, 3.63) is 30.2 Å². The summed E-state index contributed by atoms with van der Waals surface area (Å²) in [4.78, 5) is 2.17. The molecule has 0 atom stereocenters. The highest BCUT2D eigenvalue weighted by Crippen LogP contribution is 2.36. The normalized spacial score (nSPS) is 15.3. The Morgan fingerprint density at radius 2 is 2.00 bits per heavy atom. The van der Waals surface area contributed by atoms with E-state index in [1.54, 1.807) is 18.3 Å². The second-order valence-corrected chi connectivity index (χ2v) is 4.46. The van der Waals surface area contributed by atoms with Gasteiger partial charge in [-0.1, -0.05) is 5.16 Å². The molecule has 0 aliphatic carbocycles. The second-order valence-electron chi connectivity index (χ2n) is 4.46. The van der Waals surface area contributed by atoms with Crippen LogP contribution >= 0.6 is 0 Å². The van der Waals surface area contributed by atoms with Crippen molar-refractivity contribution in [2.45, 2.75) is 12.8 Å². The summed E-state index contributed by atoms with van der Waals surface area (Å²) in [6.45, 7) is 1.89. The Labute approximate surface area is 104 Å². The van der Waals surface area contributed by atoms with Crippen LogP contribution in [0, 0.1) is 5.82 Å². The van der Waals surface area contributed by atoms with Crippen LogP contribution in [-0.2, 0) is 0 Å². The molecule has 1 saturated heterocycles. The molecule has 0 saturated carbocycles. The van der Waals surface area contributed by atoms with Gasteiger partial charge in [0.15, 0.2) is 0 Å². The van der Waals surface area contributed by atoms with Gasteiger partial charge in [0, 0.05) is 24.3 Å². The lowest BCUT2D eigenvalue weighted by Gasteiger charge is -2.21. The van der Waals surface area contributed by atoms with Gasteiger partial charge >= 0.3 is 0 Å². The number of hydrogen-bond acceptors (Lipinski definition) is 4. The molecule has 18 heavy (non-hydrogen) atoms. The number of nitrogens with two attached hydrogens (primary N) is 1. The fourth-order valence-corrected chi connectivity index (χ4v) is 2.40. The van der Waals surface area contributed by atoms with Crippen molar-refractivity contribution in [1.29, 1.82) is 0 Å². The summed E-state index contributed by atoms with van der Waals surface area (Å²) in [6.07, 6.45) is 3.84. The van der Waals surface area contributed by atoms with E-state index in [1.165, 1.54) is 6.07 Å². The van der Waals surface area contributed by atoms with Gasteiger partial charge in [-0.2, -0.15) is 0 Å². The van der Waals surface area contributed by atoms with Crippen LogP contribution in [0.5, 0.6) is 0 Å². The van der Waals surface area contributed by atoms with E-state index in [-0.39, 0.29) is 11.7 Å². The van der Waals surface area contributed by atoms with Crippen molar-refractivity contribution in [3.63, 3.8) is 0 Å². The molecule has 1 aromatic heterocycles. The molecule has 2 heterocycles. The van der Waals surface area contributed by atoms with E-state index >= 15 is 0 Å². The number of anilines is 2. The smallest absolute Gasteiger partial charge is 0.230 e. The van der Waals surface area contributed by atoms with E-state index in [0.29, 0.717) is 0 Å². The van der Waals surface area contributed by atoms with Crippen molar-refractivity contribution in [2.24, 2.45) is 0 Å². The molecule has 3 rings (SSSR count). The van der Waals surface area contributed by atoms with E-state index in [1.807, 2.05) is 0 Å². The number of halogens is 1. The lowest BCUT2D eigenvalue weighted by molar-refractivity contribution is 0.436. The van der Waals surface area contributed by atoms with Gasteiger partial charge in [0.05, 0.1) is 11.8 Å². The van der Waals surface area contributed by atoms with Gasteiger partial charge in [0.1, 0.15) is 5.82 Å². The zero-order valence-corrected chi connectivity index (χ0v) is 9.90. The predicted molar refractivity (Wildman–Crippen MR) is 67.8 cm³/mol. The Morgan fingerprint density at radius 1 is 1.22 bits per heavy atom. The topological polar surface area (TPSA) is 55.3 Å². The summed E-state index contributed by atoms with van der Waals surface area (Å²) in [5.74, 6) is 0.0257. The van der Waals surface area contributed by atoms with Crippen LogP contribution < -0.4 is 10.6 Å². The van der Waals surface area contributed by atoms with Crippen molar-refractivity contribution >= 4 is 11.6 Å². The fourth-order valence-electron chi connectivity index (χ4n) is 2.40. The van der Waals surface area contributed by atoms with Crippen LogP contribution in [0.3, 0.4) is 0 Å². The maximum atomic E-state index is 13.4. The van der Waals surface area contributed by atoms with Crippen LogP contribution in [0.15, 0.2) is 28.9 Å². The van der Waals surface area contributed by atoms with Crippen molar-refractivity contribution in [1.82, 2.24) is 5.16 Å². The number of rotatable bonds is 2. The molecule has 0 radical (unpaired) electrons. The van der Waals surface area contributed by atoms with Crippen molar-refractivity contribution in [3.8, 4) is 11.1 Å². The lowest BCUT2D eigenvalue weighted by atomic mass is 10.1. The number of nitrogens with zero attached hydrogens (tertiary/aromatic N) is 2. The van der Waals surface area contributed by atoms with Crippen LogP contribution in [-0.4, -0.2) is 18.2 Å². The van der Waals surface area contributed by atoms with Gasteiger partial charge in [-0.25, -0.2) is 4.39 Å². The molecule has 2 N–H and O–H groups in total. The number of benzene rings is 1. The summed E-state index contributed by atoms with van der Waals surface area (Å²) >= 11 is 0. The van der Waals surface area contributed by atoms with Gasteiger partial charge in [0.25, 0.3) is 0 Å². The minimum Gasteiger partial charge on any atom is -0.371 e. The molecule has 1 aliphatic heterocycles. The summed E-state index contributed by atoms with van der Waals surface area (Å²) < 4.78 is 18.3. The first kappa shape index (κ1) is 11.1. The quantitative estimate of drug-likeness (QED) is 0.886. The summed E-state index contributed by atoms with van der Waals surface area (Å²) in [7, 11) is 0.